The second-order valence-electron chi connectivity index (χ2n) is 4.85. The number of hydrazone groups is 1. The Morgan fingerprint density at radius 2 is 1.70 bits per heavy atom. The van der Waals surface area contributed by atoms with Gasteiger partial charge in [-0.2, -0.15) is 5.10 Å². The summed E-state index contributed by atoms with van der Waals surface area (Å²) in [5.41, 5.74) is 4.52. The van der Waals surface area contributed by atoms with Crippen LogP contribution in [0.4, 0.5) is 5.69 Å². The van der Waals surface area contributed by atoms with Crippen molar-refractivity contribution in [1.29, 1.82) is 0 Å². The van der Waals surface area contributed by atoms with Gasteiger partial charge in [-0.3, -0.25) is 5.43 Å². The van der Waals surface area contributed by atoms with Crippen molar-refractivity contribution in [3.8, 4) is 0 Å². The van der Waals surface area contributed by atoms with Gasteiger partial charge in [-0.15, -0.1) is 11.3 Å². The molecule has 0 radical (unpaired) electrons. The van der Waals surface area contributed by atoms with E-state index in [2.05, 4.69) is 10.5 Å². The fourth-order valence-electron chi connectivity index (χ4n) is 2.14. The summed E-state index contributed by atoms with van der Waals surface area (Å²) in [6, 6.07) is 9.07. The van der Waals surface area contributed by atoms with Crippen LogP contribution in [-0.2, 0) is 0 Å². The molecule has 2 aromatic carbocycles. The largest absolute Gasteiger partial charge is 0.275 e. The Morgan fingerprint density at radius 3 is 2.39 bits per heavy atom. The summed E-state index contributed by atoms with van der Waals surface area (Å²) in [5, 5.41) is 7.40. The molecule has 23 heavy (non-hydrogen) atoms. The molecule has 3 rings (SSSR count). The number of anilines is 1. The van der Waals surface area contributed by atoms with Crippen LogP contribution >= 0.6 is 57.7 Å². The first-order valence-corrected chi connectivity index (χ1v) is 8.91. The van der Waals surface area contributed by atoms with E-state index in [1.807, 2.05) is 25.1 Å². The van der Waals surface area contributed by atoms with Gasteiger partial charge in [0, 0.05) is 14.7 Å². The summed E-state index contributed by atoms with van der Waals surface area (Å²) in [6.45, 7) is 2.04. The molecule has 0 aliphatic carbocycles. The molecular formula is C16H10Cl4N2S. The van der Waals surface area contributed by atoms with Crippen LogP contribution in [-0.4, -0.2) is 6.21 Å². The Morgan fingerprint density at radius 1 is 1.00 bits per heavy atom. The summed E-state index contributed by atoms with van der Waals surface area (Å²) in [4.78, 5) is 1.04. The summed E-state index contributed by atoms with van der Waals surface area (Å²) < 4.78 is 1.16. The minimum Gasteiger partial charge on any atom is -0.275 e. The average molecular weight is 404 g/mol. The number of hydrogen-bond donors (Lipinski definition) is 1. The second kappa shape index (κ2) is 6.88. The number of fused-ring (bicyclic) bond motifs is 1. The number of hydrogen-bond acceptors (Lipinski definition) is 3. The molecule has 0 aliphatic rings. The number of rotatable bonds is 3. The number of nitrogens with one attached hydrogen (secondary N) is 1. The van der Waals surface area contributed by atoms with E-state index < -0.39 is 0 Å². The number of aryl methyl sites for hydroxylation is 1. The molecule has 1 heterocycles. The van der Waals surface area contributed by atoms with Gasteiger partial charge in [-0.25, -0.2) is 0 Å². The van der Waals surface area contributed by atoms with Crippen LogP contribution in [0.15, 0.2) is 35.4 Å². The zero-order valence-electron chi connectivity index (χ0n) is 11.8. The summed E-state index contributed by atoms with van der Waals surface area (Å²) in [7, 11) is 0. The number of halogens is 4. The molecule has 0 saturated carbocycles. The fourth-order valence-corrected chi connectivity index (χ4v) is 4.28. The van der Waals surface area contributed by atoms with E-state index in [-0.39, 0.29) is 0 Å². The van der Waals surface area contributed by atoms with Gasteiger partial charge in [0.25, 0.3) is 0 Å². The molecule has 2 nitrogen and oxygen atoms in total. The second-order valence-corrected chi connectivity index (χ2v) is 7.62. The van der Waals surface area contributed by atoms with E-state index in [4.69, 9.17) is 46.4 Å². The van der Waals surface area contributed by atoms with Crippen LogP contribution in [0.1, 0.15) is 10.4 Å². The lowest BCUT2D eigenvalue weighted by molar-refractivity contribution is 1.35. The van der Waals surface area contributed by atoms with Gasteiger partial charge in [0.15, 0.2) is 0 Å². The first kappa shape index (κ1) is 16.9. The van der Waals surface area contributed by atoms with Crippen molar-refractivity contribution in [2.24, 2.45) is 5.10 Å². The Labute approximate surface area is 157 Å². The zero-order valence-corrected chi connectivity index (χ0v) is 15.7. The SMILES string of the molecule is Cc1c(C=NNc2c(Cl)cc(Cl)cc2Cl)sc2ccc(Cl)cc12. The molecule has 0 fully saturated rings. The van der Waals surface area contributed by atoms with Gasteiger partial charge in [-0.05, 0) is 48.2 Å². The fraction of sp³-hybridized carbons (Fsp3) is 0.0625. The van der Waals surface area contributed by atoms with Crippen molar-refractivity contribution < 1.29 is 0 Å². The molecule has 7 heteroatoms. The summed E-state index contributed by atoms with van der Waals surface area (Å²) in [5.74, 6) is 0. The molecule has 3 aromatic rings. The van der Waals surface area contributed by atoms with Crippen molar-refractivity contribution >= 4 is 79.7 Å². The highest BCUT2D eigenvalue weighted by Crippen LogP contribution is 2.34. The third-order valence-electron chi connectivity index (χ3n) is 3.30. The minimum atomic E-state index is 0.416. The molecular weight excluding hydrogens is 394 g/mol. The molecule has 0 atom stereocenters. The Hall–Kier alpha value is -0.970. The summed E-state index contributed by atoms with van der Waals surface area (Å²) in [6.07, 6.45) is 1.75. The van der Waals surface area contributed by atoms with Gasteiger partial charge >= 0.3 is 0 Å². The lowest BCUT2D eigenvalue weighted by Crippen LogP contribution is -1.92. The third-order valence-corrected chi connectivity index (χ3v) is 5.56. The number of nitrogens with zero attached hydrogens (tertiary/aromatic N) is 1. The smallest absolute Gasteiger partial charge is 0.0935 e. The molecule has 0 saturated heterocycles. The van der Waals surface area contributed by atoms with Crippen LogP contribution in [0, 0.1) is 6.92 Å². The Kier molecular flexibility index (Phi) is 5.04. The molecule has 0 amide bonds. The molecule has 0 unspecified atom stereocenters. The maximum absolute atomic E-state index is 6.11. The van der Waals surface area contributed by atoms with Crippen molar-refractivity contribution in [2.75, 3.05) is 5.43 Å². The van der Waals surface area contributed by atoms with E-state index >= 15 is 0 Å². The lowest BCUT2D eigenvalue weighted by atomic mass is 10.1. The maximum Gasteiger partial charge on any atom is 0.0935 e. The van der Waals surface area contributed by atoms with Gasteiger partial charge < -0.3 is 0 Å². The molecule has 1 N–H and O–H groups in total. The third kappa shape index (κ3) is 3.59. The standard InChI is InChI=1S/C16H10Cl4N2S/c1-8-11-4-9(17)2-3-14(11)23-15(8)7-21-22-16-12(19)5-10(18)6-13(16)20/h2-7,22H,1H3. The number of benzene rings is 2. The predicted octanol–water partition coefficient (Wildman–Crippen LogP) is 7.27. The van der Waals surface area contributed by atoms with Crippen LogP contribution < -0.4 is 5.43 Å². The van der Waals surface area contributed by atoms with Crippen LogP contribution in [0.25, 0.3) is 10.1 Å². The summed E-state index contributed by atoms with van der Waals surface area (Å²) >= 11 is 25.8. The predicted molar refractivity (Wildman–Crippen MR) is 104 cm³/mol. The topological polar surface area (TPSA) is 24.4 Å². The van der Waals surface area contributed by atoms with Gasteiger partial charge in [0.05, 0.1) is 26.8 Å². The highest BCUT2D eigenvalue weighted by molar-refractivity contribution is 7.20. The number of thiophene rings is 1. The normalized spacial score (nSPS) is 11.5. The average Bonchev–Trinajstić information content (AvgIpc) is 2.78. The van der Waals surface area contributed by atoms with E-state index in [1.165, 1.54) is 0 Å². The van der Waals surface area contributed by atoms with E-state index in [0.29, 0.717) is 20.8 Å². The maximum atomic E-state index is 6.11. The van der Waals surface area contributed by atoms with Crippen molar-refractivity contribution in [1.82, 2.24) is 0 Å². The Bertz CT molecular complexity index is 895. The highest BCUT2D eigenvalue weighted by Gasteiger charge is 2.09. The zero-order chi connectivity index (χ0) is 16.6. The van der Waals surface area contributed by atoms with E-state index in [1.54, 1.807) is 29.7 Å². The van der Waals surface area contributed by atoms with Crippen LogP contribution in [0.5, 0.6) is 0 Å². The monoisotopic (exact) mass is 402 g/mol. The van der Waals surface area contributed by atoms with Gasteiger partial charge in [0.2, 0.25) is 0 Å². The molecule has 0 aliphatic heterocycles. The van der Waals surface area contributed by atoms with Crippen molar-refractivity contribution in [3.63, 3.8) is 0 Å². The van der Waals surface area contributed by atoms with E-state index in [0.717, 1.165) is 25.5 Å². The molecule has 0 bridgehead atoms. The molecule has 0 spiro atoms. The van der Waals surface area contributed by atoms with Gasteiger partial charge in [-0.1, -0.05) is 46.4 Å². The lowest BCUT2D eigenvalue weighted by Gasteiger charge is -2.06. The molecule has 118 valence electrons. The van der Waals surface area contributed by atoms with Crippen molar-refractivity contribution in [2.45, 2.75) is 6.92 Å². The first-order chi connectivity index (χ1) is 11.0. The van der Waals surface area contributed by atoms with Gasteiger partial charge in [0.1, 0.15) is 0 Å². The Balaban J connectivity index is 1.88. The van der Waals surface area contributed by atoms with Crippen molar-refractivity contribution in [3.05, 3.63) is 60.9 Å². The van der Waals surface area contributed by atoms with Crippen LogP contribution in [0.3, 0.4) is 0 Å². The molecule has 1 aromatic heterocycles. The van der Waals surface area contributed by atoms with Crippen LogP contribution in [0.2, 0.25) is 20.1 Å². The minimum absolute atomic E-state index is 0.416. The quantitative estimate of drug-likeness (QED) is 0.360. The first-order valence-electron chi connectivity index (χ1n) is 6.58. The van der Waals surface area contributed by atoms with E-state index in [9.17, 15) is 0 Å². The highest BCUT2D eigenvalue weighted by atomic mass is 35.5.